The minimum absolute atomic E-state index is 0. The molecule has 3 amide bonds. The van der Waals surface area contributed by atoms with Crippen LogP contribution in [0.25, 0.3) is 63.9 Å². The zero-order valence-corrected chi connectivity index (χ0v) is 81.8. The number of nitrogens with one attached hydrogen (secondary N) is 5. The van der Waals surface area contributed by atoms with Crippen LogP contribution in [-0.2, 0) is 27.7 Å². The first kappa shape index (κ1) is 122. The quantitative estimate of drug-likeness (QED) is 0.0340. The third-order valence-electron chi connectivity index (χ3n) is 19.3. The first-order valence-electron chi connectivity index (χ1n) is 42.2. The average molecular weight is 1990 g/mol. The van der Waals surface area contributed by atoms with Crippen molar-refractivity contribution in [1.29, 1.82) is 0 Å². The summed E-state index contributed by atoms with van der Waals surface area (Å²) in [4.78, 5) is 135. The van der Waals surface area contributed by atoms with Gasteiger partial charge in [0.25, 0.3) is 22.6 Å². The summed E-state index contributed by atoms with van der Waals surface area (Å²) < 4.78 is 22.2. The minimum atomic E-state index is -0.759. The highest BCUT2D eigenvalue weighted by Crippen LogP contribution is 2.35. The molecule has 36 heteroatoms. The summed E-state index contributed by atoms with van der Waals surface area (Å²) in [5.41, 5.74) is 25.4. The fourth-order valence-electron chi connectivity index (χ4n) is 13.6. The molecule has 31 nitrogen and oxygen atoms in total. The Morgan fingerprint density at radius 2 is 0.876 bits per heavy atom. The van der Waals surface area contributed by atoms with Gasteiger partial charge in [-0.15, -0.1) is 12.4 Å². The van der Waals surface area contributed by atoms with E-state index in [2.05, 4.69) is 56.2 Å². The van der Waals surface area contributed by atoms with Crippen LogP contribution in [0.1, 0.15) is 264 Å². The fraction of sp³-hybridized carbons (Fsp3) is 0.396. The van der Waals surface area contributed by atoms with E-state index in [4.69, 9.17) is 96.4 Å². The molecule has 0 spiro atoms. The number of pyridine rings is 4. The zero-order chi connectivity index (χ0) is 97.9. The maximum atomic E-state index is 13.8. The number of nitrogens with two attached hydrogens (primary N) is 4. The largest absolute Gasteiger partial charge is 0.444 e. The Bertz CT molecular complexity index is 6600. The van der Waals surface area contributed by atoms with E-state index < -0.39 is 41.1 Å². The number of hydrogen-bond donors (Lipinski definition) is 9. The number of nitrogens with zero attached hydrogens (tertiary/aromatic N) is 10. The molecule has 5 atom stereocenters. The molecule has 0 aliphatic heterocycles. The Labute approximate surface area is 829 Å². The second-order valence-electron chi connectivity index (χ2n) is 34.4. The SMILES string of the molecule is C.C.C.C.C.CC(C)N.CC(C)NC(=O)c1c(Cl)cccc1CC(=O)[C@H](C)NC(=O)OC(C)(C)C.CC(C)n1c([C@H](C)N)cc2cccc(Cl)c2c1=O.C[C@H](NC(=O)OC(C)(C)C)c1cc2cccc(Cl)c2c(=O)o1.Cl.[C-]#[N+]c1cnc(N)nc1N[C@@H](C)c1cc2cccc(-c3ccc(=O)n(C)c3)c2c(=O)n1C(C)C.[C-]#[N+]c1cnc(N)nc1N[C@@H](C)c1cc2cccc(Cl)c2c(=O)n1C(C)C. The van der Waals surface area contributed by atoms with Crippen LogP contribution < -0.4 is 77.4 Å². The predicted molar refractivity (Wildman–Crippen MR) is 566 cm³/mol. The van der Waals surface area contributed by atoms with Gasteiger partial charge in [0.2, 0.25) is 28.8 Å². The second-order valence-corrected chi connectivity index (χ2v) is 36.0. The Kier molecular flexibility index (Phi) is 47.9. The van der Waals surface area contributed by atoms with Crippen molar-refractivity contribution in [3.63, 3.8) is 0 Å². The lowest BCUT2D eigenvalue weighted by Crippen LogP contribution is -2.42. The van der Waals surface area contributed by atoms with Gasteiger partial charge < -0.3 is 81.7 Å². The monoisotopic (exact) mass is 1980 g/mol. The lowest BCUT2D eigenvalue weighted by molar-refractivity contribution is -0.120. The molecule has 742 valence electrons. The standard InChI is InChI=1S/C25H25N7O2.C19H19ClN6O.C19H27ClN2O4.C16H18ClNO4.C14H17ClN2O.C3H9N.5CH4.ClH/c1-14(2)32-20(15(3)29-23-19(27-4)12-28-25(26)30-23)11-16-7-6-8-18(22(16)24(32)34)17-9-10-21(33)31(5)13-17;1-10(2)26-15(8-12-6-5-7-13(20)16(12)18(26)27)11(3)24-17-14(22-4)9-23-19(21)25-17;1-11(2)21-17(24)16-13(8-7-9-14(16)20)10-15(23)12(3)22-18(25)26-19(4,5)6;1-9(18-15(20)22-16(2,3)4)12-8-10-6-5-7-11(17)13(10)14(19)21-12;1-8(2)17-12(9(3)16)7-10-5-4-6-11(15)13(10)14(17)18;1-3(2)4;;;;;;/h6-15H,1-3,5H3,(H3,26,28,29,30);5-11H,1-3H3,(H3,21,23,24,25);7-9,11-12H,10H2,1-6H3,(H,21,24)(H,22,25);5-9H,1-4H3,(H,18,20);4-9H,16H2,1-3H3;3H,4H2,1-2H3;5*1H4;1H/t15-;11-;12-;2*9-;;;;;;;/m00000......./s1. The molecule has 12 aromatic rings. The van der Waals surface area contributed by atoms with E-state index in [1.54, 1.807) is 143 Å². The van der Waals surface area contributed by atoms with Crippen molar-refractivity contribution >= 4 is 161 Å². The number of Topliss-reactive ketones (excluding diaryl/α,β-unsaturated/α-hetero) is 1. The van der Waals surface area contributed by atoms with Crippen molar-refractivity contribution in [1.82, 2.24) is 54.2 Å². The van der Waals surface area contributed by atoms with E-state index in [1.165, 1.54) is 23.0 Å². The normalized spacial score (nSPS) is 11.8. The van der Waals surface area contributed by atoms with Gasteiger partial charge in [-0.25, -0.2) is 44.0 Å². The van der Waals surface area contributed by atoms with Crippen molar-refractivity contribution in [2.24, 2.45) is 18.5 Å². The molecule has 0 unspecified atom stereocenters. The van der Waals surface area contributed by atoms with Gasteiger partial charge in [0.05, 0.1) is 84.5 Å². The fourth-order valence-corrected chi connectivity index (χ4v) is 14.7. The van der Waals surface area contributed by atoms with E-state index in [0.29, 0.717) is 71.0 Å². The van der Waals surface area contributed by atoms with Gasteiger partial charge in [-0.05, 0) is 230 Å². The highest BCUT2D eigenvalue weighted by molar-refractivity contribution is 6.36. The van der Waals surface area contributed by atoms with Gasteiger partial charge in [0.15, 0.2) is 5.78 Å². The minimum Gasteiger partial charge on any atom is -0.444 e. The van der Waals surface area contributed by atoms with Crippen LogP contribution in [0.4, 0.5) is 44.5 Å². The van der Waals surface area contributed by atoms with Gasteiger partial charge in [-0.2, -0.15) is 0 Å². The number of alkyl carbamates (subject to hydrolysis) is 2. The molecular formula is C101H136Cl5N19O12. The van der Waals surface area contributed by atoms with Crippen LogP contribution in [0.3, 0.4) is 0 Å². The number of nitrogen functional groups attached to an aromatic ring is 2. The Morgan fingerprint density at radius 3 is 1.28 bits per heavy atom. The highest BCUT2D eigenvalue weighted by atomic mass is 35.5. The van der Waals surface area contributed by atoms with Crippen molar-refractivity contribution in [2.45, 2.75) is 261 Å². The van der Waals surface area contributed by atoms with Crippen molar-refractivity contribution in [3.8, 4) is 11.1 Å². The van der Waals surface area contributed by atoms with E-state index in [9.17, 15) is 43.2 Å². The molecule has 12 rings (SSSR count). The van der Waals surface area contributed by atoms with Crippen molar-refractivity contribution in [3.05, 3.63) is 275 Å². The predicted octanol–water partition coefficient (Wildman–Crippen LogP) is 23.1. The maximum Gasteiger partial charge on any atom is 0.408 e. The van der Waals surface area contributed by atoms with Gasteiger partial charge in [0.1, 0.15) is 28.6 Å². The molecule has 0 saturated carbocycles. The maximum absolute atomic E-state index is 13.8. The number of aryl methyl sites for hydroxylation is 1. The molecule has 0 saturated heterocycles. The van der Waals surface area contributed by atoms with Gasteiger partial charge in [0, 0.05) is 85.4 Å². The molecule has 0 aliphatic rings. The number of carbonyl (C=O) groups excluding carboxylic acids is 4. The summed E-state index contributed by atoms with van der Waals surface area (Å²) in [7, 11) is 1.69. The van der Waals surface area contributed by atoms with Crippen molar-refractivity contribution < 1.29 is 33.1 Å². The number of aromatic nitrogens is 8. The van der Waals surface area contributed by atoms with Gasteiger partial charge in [-0.3, -0.25) is 28.8 Å². The first-order valence-corrected chi connectivity index (χ1v) is 43.7. The van der Waals surface area contributed by atoms with E-state index in [0.717, 1.165) is 44.4 Å². The molecule has 0 bridgehead atoms. The van der Waals surface area contributed by atoms with Crippen LogP contribution in [0.15, 0.2) is 174 Å². The Morgan fingerprint density at radius 1 is 0.496 bits per heavy atom. The lowest BCUT2D eigenvalue weighted by atomic mass is 9.98. The molecule has 0 fully saturated rings. The molecule has 5 aromatic carbocycles. The summed E-state index contributed by atoms with van der Waals surface area (Å²) in [5.74, 6) is 0.534. The van der Waals surface area contributed by atoms with E-state index >= 15 is 0 Å². The third kappa shape index (κ3) is 33.0. The Hall–Kier alpha value is -12.7. The highest BCUT2D eigenvalue weighted by Gasteiger charge is 2.28. The third-order valence-corrected chi connectivity index (χ3v) is 20.6. The Balaban J connectivity index is 0.000000849. The second kappa shape index (κ2) is 53.7. The first-order chi connectivity index (χ1) is 61.3. The summed E-state index contributed by atoms with van der Waals surface area (Å²) in [6, 6.07) is 35.4. The molecule has 7 heterocycles. The van der Waals surface area contributed by atoms with E-state index in [-0.39, 0.29) is 166 Å². The number of rotatable bonds is 19. The van der Waals surface area contributed by atoms with Crippen LogP contribution in [0, 0.1) is 13.1 Å². The number of carbonyl (C=O) groups is 4. The number of benzene rings is 5. The zero-order valence-electron chi connectivity index (χ0n) is 77.9. The summed E-state index contributed by atoms with van der Waals surface area (Å²) >= 11 is 24.6. The smallest absolute Gasteiger partial charge is 0.408 e. The molecule has 13 N–H and O–H groups in total. The molecular weight excluding hydrogens is 1850 g/mol. The number of anilines is 4. The lowest BCUT2D eigenvalue weighted by Gasteiger charge is -2.24. The van der Waals surface area contributed by atoms with Crippen LogP contribution in [0.5, 0.6) is 0 Å². The summed E-state index contributed by atoms with van der Waals surface area (Å²) in [6.45, 7) is 53.4. The molecule has 0 aliphatic carbocycles. The molecule has 137 heavy (non-hydrogen) atoms. The number of hydrogen-bond acceptors (Lipinski definition) is 22. The number of halogens is 5. The number of amides is 3. The number of fused-ring (bicyclic) bond motifs is 4. The van der Waals surface area contributed by atoms with Crippen molar-refractivity contribution in [2.75, 3.05) is 22.1 Å². The molecule has 7 aromatic heterocycles. The van der Waals surface area contributed by atoms with E-state index in [1.807, 2.05) is 151 Å². The molecule has 0 radical (unpaired) electrons. The topological polar surface area (TPSA) is 429 Å². The summed E-state index contributed by atoms with van der Waals surface area (Å²) in [6.07, 6.45) is 3.22. The van der Waals surface area contributed by atoms with Gasteiger partial charge >= 0.3 is 17.8 Å². The number of ketones is 1. The summed E-state index contributed by atoms with van der Waals surface area (Å²) in [5, 5.41) is 20.9. The average Bonchev–Trinajstić information content (AvgIpc) is 0.750. The van der Waals surface area contributed by atoms with Gasteiger partial charge in [-0.1, -0.05) is 164 Å². The number of ether oxygens (including phenoxy) is 2. The van der Waals surface area contributed by atoms with Crippen LogP contribution >= 0.6 is 58.8 Å². The van der Waals surface area contributed by atoms with Crippen LogP contribution in [-0.4, -0.2) is 91.4 Å². The van der Waals surface area contributed by atoms with Crippen LogP contribution in [0.2, 0.25) is 20.1 Å².